The van der Waals surface area contributed by atoms with Crippen molar-refractivity contribution in [2.45, 2.75) is 82.8 Å². The first-order valence-electron chi connectivity index (χ1n) is 8.55. The van der Waals surface area contributed by atoms with Gasteiger partial charge in [0.1, 0.15) is 0 Å². The Kier molecular flexibility index (Phi) is 10.1. The lowest BCUT2D eigenvalue weighted by Crippen LogP contribution is -2.53. The number of carboxylic acids is 2. The standard InChI is InChI=1S/C16H30O7S/c1-3-5-7-8-9-11-13(10-6-4-2)16(15(19)20,12-14(17)18)24(21,22)23/h13H,3-12H2,1-2H3,(H,17,18)(H,19,20)(H,21,22,23). The van der Waals surface area contributed by atoms with Gasteiger partial charge >= 0.3 is 11.9 Å². The van der Waals surface area contributed by atoms with E-state index in [2.05, 4.69) is 6.92 Å². The Hall–Kier alpha value is -1.15. The van der Waals surface area contributed by atoms with E-state index in [-0.39, 0.29) is 12.8 Å². The van der Waals surface area contributed by atoms with Crippen LogP contribution in [-0.2, 0) is 19.7 Å². The maximum Gasteiger partial charge on any atom is 0.328 e. The van der Waals surface area contributed by atoms with Gasteiger partial charge in [0.25, 0.3) is 10.1 Å². The highest BCUT2D eigenvalue weighted by molar-refractivity contribution is 7.88. The Morgan fingerprint density at radius 1 is 0.917 bits per heavy atom. The normalized spacial score (nSPS) is 15.6. The van der Waals surface area contributed by atoms with E-state index in [1.54, 1.807) is 0 Å². The second-order valence-corrected chi connectivity index (χ2v) is 7.96. The largest absolute Gasteiger partial charge is 0.481 e. The zero-order valence-corrected chi connectivity index (χ0v) is 15.3. The van der Waals surface area contributed by atoms with E-state index in [0.717, 1.165) is 32.1 Å². The van der Waals surface area contributed by atoms with Gasteiger partial charge < -0.3 is 10.2 Å². The summed E-state index contributed by atoms with van der Waals surface area (Å²) in [7, 11) is -5.08. The van der Waals surface area contributed by atoms with Crippen molar-refractivity contribution in [3.63, 3.8) is 0 Å². The number of rotatable bonds is 14. The van der Waals surface area contributed by atoms with Gasteiger partial charge in [0.05, 0.1) is 6.42 Å². The van der Waals surface area contributed by atoms with E-state index < -0.39 is 39.1 Å². The second-order valence-electron chi connectivity index (χ2n) is 6.28. The first-order valence-corrected chi connectivity index (χ1v) is 9.99. The molecule has 0 aromatic carbocycles. The summed E-state index contributed by atoms with van der Waals surface area (Å²) in [5, 5.41) is 18.6. The van der Waals surface area contributed by atoms with Gasteiger partial charge in [-0.25, -0.2) is 0 Å². The van der Waals surface area contributed by atoms with Crippen molar-refractivity contribution in [1.82, 2.24) is 0 Å². The molecule has 2 atom stereocenters. The van der Waals surface area contributed by atoms with Gasteiger partial charge in [0.2, 0.25) is 4.75 Å². The van der Waals surface area contributed by atoms with Crippen molar-refractivity contribution in [2.75, 3.05) is 0 Å². The highest BCUT2D eigenvalue weighted by Crippen LogP contribution is 2.38. The molecule has 0 aliphatic carbocycles. The van der Waals surface area contributed by atoms with Gasteiger partial charge in [-0.2, -0.15) is 8.42 Å². The Balaban J connectivity index is 5.54. The SMILES string of the molecule is CCCCCCCC(CCCC)C(CC(=O)O)(C(=O)O)S(=O)(=O)O. The van der Waals surface area contributed by atoms with Gasteiger partial charge in [-0.05, 0) is 18.8 Å². The lowest BCUT2D eigenvalue weighted by molar-refractivity contribution is -0.148. The smallest absolute Gasteiger partial charge is 0.328 e. The molecule has 0 saturated heterocycles. The first kappa shape index (κ1) is 22.9. The number of unbranched alkanes of at least 4 members (excludes halogenated alkanes) is 5. The van der Waals surface area contributed by atoms with Crippen molar-refractivity contribution in [3.8, 4) is 0 Å². The zero-order chi connectivity index (χ0) is 18.8. The monoisotopic (exact) mass is 366 g/mol. The number of aliphatic carboxylic acids is 2. The number of carboxylic acid groups (broad SMARTS) is 2. The van der Waals surface area contributed by atoms with E-state index in [0.29, 0.717) is 12.8 Å². The fourth-order valence-corrected chi connectivity index (χ4v) is 4.27. The quantitative estimate of drug-likeness (QED) is 0.317. The zero-order valence-electron chi connectivity index (χ0n) is 14.5. The molecular weight excluding hydrogens is 336 g/mol. The topological polar surface area (TPSA) is 129 Å². The predicted octanol–water partition coefficient (Wildman–Crippen LogP) is 3.34. The minimum absolute atomic E-state index is 0.254. The van der Waals surface area contributed by atoms with Crippen LogP contribution < -0.4 is 0 Å². The van der Waals surface area contributed by atoms with E-state index >= 15 is 0 Å². The highest BCUT2D eigenvalue weighted by atomic mass is 32.2. The predicted molar refractivity (Wildman–Crippen MR) is 90.6 cm³/mol. The van der Waals surface area contributed by atoms with Crippen molar-refractivity contribution in [2.24, 2.45) is 5.92 Å². The van der Waals surface area contributed by atoms with Crippen LogP contribution in [0.3, 0.4) is 0 Å². The van der Waals surface area contributed by atoms with Crippen LogP contribution in [-0.4, -0.2) is 39.9 Å². The Morgan fingerprint density at radius 2 is 1.42 bits per heavy atom. The molecule has 0 spiro atoms. The molecule has 0 heterocycles. The minimum atomic E-state index is -5.08. The van der Waals surface area contributed by atoms with Crippen LogP contribution >= 0.6 is 0 Å². The molecule has 7 nitrogen and oxygen atoms in total. The molecule has 2 unspecified atom stereocenters. The molecule has 0 aromatic heterocycles. The van der Waals surface area contributed by atoms with E-state index in [4.69, 9.17) is 5.11 Å². The van der Waals surface area contributed by atoms with Gasteiger partial charge in [0.15, 0.2) is 0 Å². The third kappa shape index (κ3) is 6.39. The summed E-state index contributed by atoms with van der Waals surface area (Å²) >= 11 is 0. The van der Waals surface area contributed by atoms with Crippen LogP contribution in [0.1, 0.15) is 78.1 Å². The van der Waals surface area contributed by atoms with Crippen molar-refractivity contribution in [1.29, 1.82) is 0 Å². The number of carbonyl (C=O) groups is 2. The second kappa shape index (κ2) is 10.7. The Bertz CT molecular complexity index is 501. The molecule has 24 heavy (non-hydrogen) atoms. The van der Waals surface area contributed by atoms with Crippen LogP contribution in [0.5, 0.6) is 0 Å². The van der Waals surface area contributed by atoms with Gasteiger partial charge in [-0.3, -0.25) is 14.1 Å². The third-order valence-corrected chi connectivity index (χ3v) is 6.03. The summed E-state index contributed by atoms with van der Waals surface area (Å²) in [5.41, 5.74) is 0. The maximum absolute atomic E-state index is 11.9. The Morgan fingerprint density at radius 3 is 1.83 bits per heavy atom. The molecule has 8 heteroatoms. The van der Waals surface area contributed by atoms with Gasteiger partial charge in [0, 0.05) is 0 Å². The van der Waals surface area contributed by atoms with Crippen molar-refractivity contribution in [3.05, 3.63) is 0 Å². The molecule has 0 radical (unpaired) electrons. The molecule has 3 N–H and O–H groups in total. The molecule has 0 aliphatic rings. The summed E-state index contributed by atoms with van der Waals surface area (Å²) in [5.74, 6) is -4.27. The van der Waals surface area contributed by atoms with E-state index in [1.807, 2.05) is 6.92 Å². The molecule has 0 saturated carbocycles. The summed E-state index contributed by atoms with van der Waals surface area (Å²) in [6, 6.07) is 0. The summed E-state index contributed by atoms with van der Waals surface area (Å²) in [4.78, 5) is 22.9. The van der Waals surface area contributed by atoms with Crippen LogP contribution in [0, 0.1) is 5.92 Å². The van der Waals surface area contributed by atoms with Crippen LogP contribution in [0.25, 0.3) is 0 Å². The lowest BCUT2D eigenvalue weighted by atomic mass is 9.81. The Labute approximate surface area is 144 Å². The van der Waals surface area contributed by atoms with Crippen molar-refractivity contribution < 1.29 is 32.8 Å². The average Bonchev–Trinajstić information content (AvgIpc) is 2.46. The van der Waals surface area contributed by atoms with Gasteiger partial charge in [-0.1, -0.05) is 58.8 Å². The fourth-order valence-electron chi connectivity index (χ4n) is 3.09. The molecular formula is C16H30O7S. The van der Waals surface area contributed by atoms with Crippen LogP contribution in [0.4, 0.5) is 0 Å². The van der Waals surface area contributed by atoms with E-state index in [1.165, 1.54) is 0 Å². The summed E-state index contributed by atoms with van der Waals surface area (Å²) < 4.78 is 30.7. The average molecular weight is 366 g/mol. The minimum Gasteiger partial charge on any atom is -0.481 e. The molecule has 142 valence electrons. The molecule has 0 bridgehead atoms. The summed E-state index contributed by atoms with van der Waals surface area (Å²) in [6.45, 7) is 3.94. The first-order chi connectivity index (χ1) is 11.1. The summed E-state index contributed by atoms with van der Waals surface area (Å²) in [6.07, 6.45) is 5.16. The van der Waals surface area contributed by atoms with Gasteiger partial charge in [-0.15, -0.1) is 0 Å². The molecule has 0 rings (SSSR count). The number of hydrogen-bond donors (Lipinski definition) is 3. The van der Waals surface area contributed by atoms with Crippen LogP contribution in [0.15, 0.2) is 0 Å². The maximum atomic E-state index is 11.9. The molecule has 0 aliphatic heterocycles. The van der Waals surface area contributed by atoms with Crippen LogP contribution in [0.2, 0.25) is 0 Å². The molecule has 0 fully saturated rings. The number of hydrogen-bond acceptors (Lipinski definition) is 4. The molecule has 0 amide bonds. The highest BCUT2D eigenvalue weighted by Gasteiger charge is 2.57. The molecule has 0 aromatic rings. The fraction of sp³-hybridized carbons (Fsp3) is 0.875. The lowest BCUT2D eigenvalue weighted by Gasteiger charge is -2.33. The third-order valence-electron chi connectivity index (χ3n) is 4.46. The van der Waals surface area contributed by atoms with Crippen molar-refractivity contribution >= 4 is 22.1 Å². The van der Waals surface area contributed by atoms with E-state index in [9.17, 15) is 27.7 Å².